The lowest BCUT2D eigenvalue weighted by Crippen LogP contribution is -2.54. The van der Waals surface area contributed by atoms with Gasteiger partial charge in [0.1, 0.15) is 6.61 Å². The predicted molar refractivity (Wildman–Crippen MR) is 59.6 cm³/mol. The highest BCUT2D eigenvalue weighted by Crippen LogP contribution is 2.28. The van der Waals surface area contributed by atoms with Crippen LogP contribution >= 0.6 is 0 Å². The Balaban J connectivity index is 0.000000531. The molecule has 2 rings (SSSR count). The van der Waals surface area contributed by atoms with Crippen LogP contribution in [0.15, 0.2) is 0 Å². The van der Waals surface area contributed by atoms with Crippen molar-refractivity contribution in [2.75, 3.05) is 26.7 Å². The summed E-state index contributed by atoms with van der Waals surface area (Å²) in [6.45, 7) is 5.25. The molecule has 4 nitrogen and oxygen atoms in total. The summed E-state index contributed by atoms with van der Waals surface area (Å²) in [5.74, 6) is -0.120. The van der Waals surface area contributed by atoms with Crippen LogP contribution in [-0.4, -0.2) is 59.6 Å². The molecule has 1 N–H and O–H groups in total. The summed E-state index contributed by atoms with van der Waals surface area (Å²) < 4.78 is 0. The molecule has 0 aromatic rings. The van der Waals surface area contributed by atoms with Gasteiger partial charge in [0, 0.05) is 25.2 Å². The number of carbonyl (C=O) groups excluding carboxylic acids is 1. The highest BCUT2D eigenvalue weighted by Gasteiger charge is 2.38. The molecule has 4 heteroatoms. The summed E-state index contributed by atoms with van der Waals surface area (Å²) in [6, 6.07) is 1.04. The highest BCUT2D eigenvalue weighted by atomic mass is 16.3. The molecule has 0 saturated carbocycles. The molecule has 0 radical (unpaired) electrons. The summed E-state index contributed by atoms with van der Waals surface area (Å²) in [6.07, 6.45) is 2.38. The number of aliphatic hydroxyl groups is 1. The molecular formula is C11H22N2O2. The van der Waals surface area contributed by atoms with E-state index in [4.69, 9.17) is 5.11 Å². The van der Waals surface area contributed by atoms with E-state index in [0.717, 1.165) is 13.1 Å². The smallest absolute Gasteiger partial charge is 0.248 e. The highest BCUT2D eigenvalue weighted by molar-refractivity contribution is 5.77. The summed E-state index contributed by atoms with van der Waals surface area (Å²) in [7, 11) is 2.13. The molecule has 2 bridgehead atoms. The van der Waals surface area contributed by atoms with Crippen LogP contribution in [0.3, 0.4) is 0 Å². The quantitative estimate of drug-likeness (QED) is 0.683. The fourth-order valence-corrected chi connectivity index (χ4v) is 2.42. The molecule has 2 fully saturated rings. The van der Waals surface area contributed by atoms with Gasteiger partial charge in [-0.25, -0.2) is 0 Å². The minimum absolute atomic E-state index is 0.120. The first-order chi connectivity index (χ1) is 7.22. The number of aliphatic hydroxyl groups excluding tert-OH is 1. The van der Waals surface area contributed by atoms with Gasteiger partial charge in [-0.3, -0.25) is 9.69 Å². The van der Waals surface area contributed by atoms with E-state index in [0.29, 0.717) is 12.1 Å². The second-order valence-electron chi connectivity index (χ2n) is 4.01. The maximum atomic E-state index is 11.2. The molecule has 2 heterocycles. The lowest BCUT2D eigenvalue weighted by molar-refractivity contribution is -0.137. The fraction of sp³-hybridized carbons (Fsp3) is 0.909. The van der Waals surface area contributed by atoms with E-state index < -0.39 is 0 Å². The first-order valence-corrected chi connectivity index (χ1v) is 5.83. The number of hydrogen-bond acceptors (Lipinski definition) is 3. The molecule has 88 valence electrons. The molecule has 2 atom stereocenters. The Morgan fingerprint density at radius 2 is 1.73 bits per heavy atom. The standard InChI is InChI=1S/C9H16N2O2.C2H6/c1-10-7-2-3-8(10)5-11(4-7)9(13)6-12;1-2/h7-8,12H,2-6H2,1H3;1-2H3. The zero-order valence-electron chi connectivity index (χ0n) is 9.94. The van der Waals surface area contributed by atoms with Crippen molar-refractivity contribution in [3.05, 3.63) is 0 Å². The van der Waals surface area contributed by atoms with E-state index >= 15 is 0 Å². The molecule has 2 saturated heterocycles. The van der Waals surface area contributed by atoms with Crippen LogP contribution in [0.25, 0.3) is 0 Å². The van der Waals surface area contributed by atoms with Crippen molar-refractivity contribution in [2.45, 2.75) is 38.8 Å². The first-order valence-electron chi connectivity index (χ1n) is 5.83. The van der Waals surface area contributed by atoms with Crippen molar-refractivity contribution in [2.24, 2.45) is 0 Å². The Bertz CT molecular complexity index is 207. The number of piperazine rings is 1. The van der Waals surface area contributed by atoms with E-state index in [1.165, 1.54) is 12.8 Å². The fourth-order valence-electron chi connectivity index (χ4n) is 2.42. The topological polar surface area (TPSA) is 43.8 Å². The van der Waals surface area contributed by atoms with Gasteiger partial charge in [-0.15, -0.1) is 0 Å². The van der Waals surface area contributed by atoms with Crippen LogP contribution in [-0.2, 0) is 4.79 Å². The van der Waals surface area contributed by atoms with Crippen LogP contribution in [0.5, 0.6) is 0 Å². The number of rotatable bonds is 1. The Labute approximate surface area is 91.9 Å². The van der Waals surface area contributed by atoms with Crippen molar-refractivity contribution in [1.82, 2.24) is 9.80 Å². The van der Waals surface area contributed by atoms with Crippen molar-refractivity contribution in [3.63, 3.8) is 0 Å². The molecule has 0 aliphatic carbocycles. The second-order valence-corrected chi connectivity index (χ2v) is 4.01. The largest absolute Gasteiger partial charge is 0.387 e. The van der Waals surface area contributed by atoms with Gasteiger partial charge in [0.05, 0.1) is 0 Å². The molecule has 0 spiro atoms. The zero-order chi connectivity index (χ0) is 11.4. The van der Waals surface area contributed by atoms with Crippen LogP contribution in [0.2, 0.25) is 0 Å². The average molecular weight is 214 g/mol. The molecular weight excluding hydrogens is 192 g/mol. The number of hydrogen-bond donors (Lipinski definition) is 1. The van der Waals surface area contributed by atoms with Crippen molar-refractivity contribution >= 4 is 5.91 Å². The van der Waals surface area contributed by atoms with E-state index in [2.05, 4.69) is 11.9 Å². The van der Waals surface area contributed by atoms with Crippen LogP contribution in [0, 0.1) is 0 Å². The van der Waals surface area contributed by atoms with Crippen molar-refractivity contribution in [1.29, 1.82) is 0 Å². The van der Waals surface area contributed by atoms with Gasteiger partial charge in [-0.2, -0.15) is 0 Å². The van der Waals surface area contributed by atoms with Gasteiger partial charge in [0.2, 0.25) is 5.91 Å². The lowest BCUT2D eigenvalue weighted by Gasteiger charge is -2.38. The van der Waals surface area contributed by atoms with Gasteiger partial charge in [-0.1, -0.05) is 13.8 Å². The molecule has 0 aromatic carbocycles. The van der Waals surface area contributed by atoms with Crippen LogP contribution < -0.4 is 0 Å². The number of amides is 1. The van der Waals surface area contributed by atoms with E-state index in [1.807, 2.05) is 13.8 Å². The van der Waals surface area contributed by atoms with Gasteiger partial charge >= 0.3 is 0 Å². The van der Waals surface area contributed by atoms with Gasteiger partial charge in [0.15, 0.2) is 0 Å². The van der Waals surface area contributed by atoms with E-state index in [-0.39, 0.29) is 12.5 Å². The van der Waals surface area contributed by atoms with Crippen LogP contribution in [0.1, 0.15) is 26.7 Å². The van der Waals surface area contributed by atoms with Crippen molar-refractivity contribution < 1.29 is 9.90 Å². The predicted octanol–water partition coefficient (Wildman–Crippen LogP) is 0.310. The molecule has 15 heavy (non-hydrogen) atoms. The number of nitrogens with zero attached hydrogens (tertiary/aromatic N) is 2. The Morgan fingerprint density at radius 1 is 1.27 bits per heavy atom. The second kappa shape index (κ2) is 5.47. The summed E-state index contributed by atoms with van der Waals surface area (Å²) in [5, 5.41) is 8.74. The zero-order valence-corrected chi connectivity index (χ0v) is 9.94. The first kappa shape index (κ1) is 12.5. The minimum atomic E-state index is -0.344. The Morgan fingerprint density at radius 3 is 2.13 bits per heavy atom. The SMILES string of the molecule is CC.CN1C2CCC1CN(C(=O)CO)C2. The number of carbonyl (C=O) groups is 1. The number of likely N-dealkylation sites (N-methyl/N-ethyl adjacent to an activating group) is 1. The van der Waals surface area contributed by atoms with Crippen molar-refractivity contribution in [3.8, 4) is 0 Å². The maximum Gasteiger partial charge on any atom is 0.248 e. The normalized spacial score (nSPS) is 29.7. The van der Waals surface area contributed by atoms with Crippen LogP contribution in [0.4, 0.5) is 0 Å². The van der Waals surface area contributed by atoms with Gasteiger partial charge in [-0.05, 0) is 19.9 Å². The summed E-state index contributed by atoms with van der Waals surface area (Å²) in [5.41, 5.74) is 0. The molecule has 1 amide bonds. The Hall–Kier alpha value is -0.610. The van der Waals surface area contributed by atoms with Gasteiger partial charge < -0.3 is 10.0 Å². The van der Waals surface area contributed by atoms with Gasteiger partial charge in [0.25, 0.3) is 0 Å². The third-order valence-electron chi connectivity index (χ3n) is 3.34. The third kappa shape index (κ3) is 2.49. The summed E-state index contributed by atoms with van der Waals surface area (Å²) >= 11 is 0. The number of likely N-dealkylation sites (tertiary alicyclic amines) is 1. The average Bonchev–Trinajstić information content (AvgIpc) is 2.53. The molecule has 2 aliphatic rings. The molecule has 2 aliphatic heterocycles. The lowest BCUT2D eigenvalue weighted by atomic mass is 10.2. The minimum Gasteiger partial charge on any atom is -0.387 e. The monoisotopic (exact) mass is 214 g/mol. The molecule has 0 aromatic heterocycles. The Kier molecular flexibility index (Phi) is 4.54. The number of fused-ring (bicyclic) bond motifs is 2. The maximum absolute atomic E-state index is 11.2. The molecule has 2 unspecified atom stereocenters. The van der Waals surface area contributed by atoms with E-state index in [1.54, 1.807) is 4.90 Å². The summed E-state index contributed by atoms with van der Waals surface area (Å²) in [4.78, 5) is 15.4. The van der Waals surface area contributed by atoms with E-state index in [9.17, 15) is 4.79 Å². The third-order valence-corrected chi connectivity index (χ3v) is 3.34.